The van der Waals surface area contributed by atoms with Crippen molar-refractivity contribution in [3.8, 4) is 5.69 Å². The third kappa shape index (κ3) is 2.94. The van der Waals surface area contributed by atoms with Crippen molar-refractivity contribution in [3.63, 3.8) is 0 Å². The number of nitrogen functional groups attached to an aromatic ring is 1. The molecule has 0 fully saturated rings. The van der Waals surface area contributed by atoms with Gasteiger partial charge in [-0.05, 0) is 35.9 Å². The number of hydrogen-bond donors (Lipinski definition) is 1. The highest BCUT2D eigenvalue weighted by Crippen LogP contribution is 2.21. The number of rotatable bonds is 5. The van der Waals surface area contributed by atoms with Gasteiger partial charge in [0.25, 0.3) is 0 Å². The summed E-state index contributed by atoms with van der Waals surface area (Å²) >= 11 is 0. The fourth-order valence-corrected chi connectivity index (χ4v) is 2.41. The van der Waals surface area contributed by atoms with Gasteiger partial charge in [-0.1, -0.05) is 18.2 Å². The number of ketones is 1. The van der Waals surface area contributed by atoms with E-state index in [9.17, 15) is 14.0 Å². The maximum absolute atomic E-state index is 13.0. The van der Waals surface area contributed by atoms with E-state index < -0.39 is 0 Å². The Bertz CT molecular complexity index is 901. The van der Waals surface area contributed by atoms with Gasteiger partial charge in [-0.2, -0.15) is 5.10 Å². The van der Waals surface area contributed by atoms with Crippen molar-refractivity contribution in [2.75, 3.05) is 5.73 Å². The second-order valence-electron chi connectivity index (χ2n) is 5.23. The van der Waals surface area contributed by atoms with Crippen molar-refractivity contribution in [2.24, 2.45) is 0 Å². The molecule has 0 saturated carbocycles. The lowest BCUT2D eigenvalue weighted by Crippen LogP contribution is -2.07. The molecule has 0 amide bonds. The second kappa shape index (κ2) is 6.45. The van der Waals surface area contributed by atoms with E-state index in [0.29, 0.717) is 11.3 Å². The van der Waals surface area contributed by atoms with E-state index in [-0.39, 0.29) is 29.4 Å². The van der Waals surface area contributed by atoms with Crippen LogP contribution in [-0.2, 0) is 11.2 Å². The van der Waals surface area contributed by atoms with E-state index in [4.69, 9.17) is 5.73 Å². The molecule has 0 atom stereocenters. The molecular formula is C18H14FN3O2. The first kappa shape index (κ1) is 15.6. The molecule has 0 spiro atoms. The lowest BCUT2D eigenvalue weighted by atomic mass is 10.0. The van der Waals surface area contributed by atoms with Gasteiger partial charge < -0.3 is 10.5 Å². The predicted molar refractivity (Wildman–Crippen MR) is 87.6 cm³/mol. The highest BCUT2D eigenvalue weighted by Gasteiger charge is 2.18. The highest BCUT2D eigenvalue weighted by atomic mass is 19.1. The fourth-order valence-electron chi connectivity index (χ4n) is 2.41. The topological polar surface area (TPSA) is 78.0 Å². The molecule has 3 aromatic rings. The average molecular weight is 323 g/mol. The molecule has 0 radical (unpaired) electrons. The van der Waals surface area contributed by atoms with Gasteiger partial charge in [0.2, 0.25) is 0 Å². The van der Waals surface area contributed by atoms with Gasteiger partial charge >= 0.3 is 0 Å². The lowest BCUT2D eigenvalue weighted by Gasteiger charge is -2.05. The zero-order valence-corrected chi connectivity index (χ0v) is 12.6. The van der Waals surface area contributed by atoms with Crippen LogP contribution in [0, 0.1) is 5.82 Å². The van der Waals surface area contributed by atoms with Crippen molar-refractivity contribution in [1.82, 2.24) is 9.78 Å². The molecule has 2 N–H and O–H groups in total. The van der Waals surface area contributed by atoms with Crippen LogP contribution < -0.4 is 5.73 Å². The molecule has 2 aromatic carbocycles. The number of anilines is 1. The summed E-state index contributed by atoms with van der Waals surface area (Å²) in [5, 5.41) is 4.11. The number of carbonyl (C=O) groups is 2. The Balaban J connectivity index is 1.95. The molecule has 0 bridgehead atoms. The molecule has 3 rings (SSSR count). The Morgan fingerprint density at radius 3 is 2.67 bits per heavy atom. The first-order chi connectivity index (χ1) is 11.6. The normalized spacial score (nSPS) is 10.5. The monoisotopic (exact) mass is 323 g/mol. The van der Waals surface area contributed by atoms with Gasteiger partial charge in [0.05, 0.1) is 17.4 Å². The standard InChI is InChI=1S/C18H14FN3O2/c19-14-4-6-15(7-5-14)22-18(20)16(11-21-22)17(24)13-3-1-2-12(10-13)8-9-23/h1-7,9-11H,8,20H2. The smallest absolute Gasteiger partial charge is 0.198 e. The predicted octanol–water partition coefficient (Wildman–Crippen LogP) is 2.57. The Labute approximate surface area is 137 Å². The van der Waals surface area contributed by atoms with Crippen LogP contribution in [0.15, 0.2) is 54.7 Å². The number of aromatic nitrogens is 2. The lowest BCUT2D eigenvalue weighted by molar-refractivity contribution is -0.107. The average Bonchev–Trinajstić information content (AvgIpc) is 2.97. The van der Waals surface area contributed by atoms with Crippen molar-refractivity contribution in [3.05, 3.63) is 77.2 Å². The van der Waals surface area contributed by atoms with E-state index >= 15 is 0 Å². The molecule has 6 heteroatoms. The van der Waals surface area contributed by atoms with Crippen LogP contribution in [0.3, 0.4) is 0 Å². The third-order valence-corrected chi connectivity index (χ3v) is 3.63. The van der Waals surface area contributed by atoms with Gasteiger partial charge in [0.15, 0.2) is 5.78 Å². The molecule has 1 aromatic heterocycles. The summed E-state index contributed by atoms with van der Waals surface area (Å²) in [7, 11) is 0. The van der Waals surface area contributed by atoms with Crippen LogP contribution in [0.5, 0.6) is 0 Å². The molecule has 0 aliphatic rings. The zero-order chi connectivity index (χ0) is 17.1. The highest BCUT2D eigenvalue weighted by molar-refractivity contribution is 6.11. The maximum Gasteiger partial charge on any atom is 0.198 e. The zero-order valence-electron chi connectivity index (χ0n) is 12.6. The number of aldehydes is 1. The number of halogens is 1. The van der Waals surface area contributed by atoms with Gasteiger partial charge in [-0.15, -0.1) is 0 Å². The largest absolute Gasteiger partial charge is 0.383 e. The van der Waals surface area contributed by atoms with E-state index in [0.717, 1.165) is 11.8 Å². The van der Waals surface area contributed by atoms with Crippen LogP contribution >= 0.6 is 0 Å². The van der Waals surface area contributed by atoms with Crippen LogP contribution in [0.25, 0.3) is 5.69 Å². The summed E-state index contributed by atoms with van der Waals surface area (Å²) in [6, 6.07) is 12.4. The SMILES string of the molecule is Nc1c(C(=O)c2cccc(CC=O)c2)cnn1-c1ccc(F)cc1. The summed E-state index contributed by atoms with van der Waals surface area (Å²) in [6.07, 6.45) is 2.41. The van der Waals surface area contributed by atoms with Crippen molar-refractivity contribution < 1.29 is 14.0 Å². The van der Waals surface area contributed by atoms with Gasteiger partial charge in [0.1, 0.15) is 17.9 Å². The third-order valence-electron chi connectivity index (χ3n) is 3.63. The second-order valence-corrected chi connectivity index (χ2v) is 5.23. The number of carbonyl (C=O) groups excluding carboxylic acids is 2. The Morgan fingerprint density at radius 1 is 1.21 bits per heavy atom. The van der Waals surface area contributed by atoms with Crippen LogP contribution in [0.1, 0.15) is 21.5 Å². The molecule has 120 valence electrons. The summed E-state index contributed by atoms with van der Waals surface area (Å²) in [5.41, 5.74) is 8.03. The Kier molecular flexibility index (Phi) is 4.20. The number of benzene rings is 2. The van der Waals surface area contributed by atoms with Gasteiger partial charge in [0, 0.05) is 12.0 Å². The minimum Gasteiger partial charge on any atom is -0.383 e. The Hall–Kier alpha value is -3.28. The van der Waals surface area contributed by atoms with Crippen molar-refractivity contribution in [1.29, 1.82) is 0 Å². The van der Waals surface area contributed by atoms with E-state index in [1.54, 1.807) is 24.3 Å². The summed E-state index contributed by atoms with van der Waals surface area (Å²) in [6.45, 7) is 0. The quantitative estimate of drug-likeness (QED) is 0.578. The molecule has 0 saturated heterocycles. The summed E-state index contributed by atoms with van der Waals surface area (Å²) in [5.74, 6) is -0.478. The molecule has 5 nitrogen and oxygen atoms in total. The summed E-state index contributed by atoms with van der Waals surface area (Å²) in [4.78, 5) is 23.3. The first-order valence-electron chi connectivity index (χ1n) is 7.27. The van der Waals surface area contributed by atoms with E-state index in [2.05, 4.69) is 5.10 Å². The van der Waals surface area contributed by atoms with Gasteiger partial charge in [-0.25, -0.2) is 9.07 Å². The fraction of sp³-hybridized carbons (Fsp3) is 0.0556. The molecule has 24 heavy (non-hydrogen) atoms. The maximum atomic E-state index is 13.0. The minimum absolute atomic E-state index is 0.174. The number of nitrogens with two attached hydrogens (primary N) is 1. The molecule has 0 aliphatic carbocycles. The van der Waals surface area contributed by atoms with Gasteiger partial charge in [-0.3, -0.25) is 4.79 Å². The number of hydrogen-bond acceptors (Lipinski definition) is 4. The van der Waals surface area contributed by atoms with Crippen molar-refractivity contribution >= 4 is 17.9 Å². The molecule has 0 unspecified atom stereocenters. The summed E-state index contributed by atoms with van der Waals surface area (Å²) < 4.78 is 14.4. The van der Waals surface area contributed by atoms with E-state index in [1.807, 2.05) is 0 Å². The van der Waals surface area contributed by atoms with Crippen LogP contribution in [-0.4, -0.2) is 21.8 Å². The molecule has 1 heterocycles. The van der Waals surface area contributed by atoms with E-state index in [1.165, 1.54) is 35.1 Å². The molecular weight excluding hydrogens is 309 g/mol. The Morgan fingerprint density at radius 2 is 1.96 bits per heavy atom. The van der Waals surface area contributed by atoms with Crippen LogP contribution in [0.4, 0.5) is 10.2 Å². The van der Waals surface area contributed by atoms with Crippen LogP contribution in [0.2, 0.25) is 0 Å². The number of nitrogens with zero attached hydrogens (tertiary/aromatic N) is 2. The molecule has 0 aliphatic heterocycles. The van der Waals surface area contributed by atoms with Crippen molar-refractivity contribution in [2.45, 2.75) is 6.42 Å². The first-order valence-corrected chi connectivity index (χ1v) is 7.27. The minimum atomic E-state index is -0.368.